The Labute approximate surface area is 118 Å². The number of nitrogens with zero attached hydrogens (tertiary/aromatic N) is 2. The van der Waals surface area contributed by atoms with E-state index in [1.165, 1.54) is 6.39 Å². The SMILES string of the molecule is Cc1ocnc1CNS(=O)(=O)c1ccc(C(F)(F)F)nc1. The van der Waals surface area contributed by atoms with E-state index >= 15 is 0 Å². The van der Waals surface area contributed by atoms with Gasteiger partial charge in [0.2, 0.25) is 10.0 Å². The first-order valence-corrected chi connectivity index (χ1v) is 7.10. The van der Waals surface area contributed by atoms with E-state index in [0.717, 1.165) is 6.07 Å². The van der Waals surface area contributed by atoms with E-state index in [1.54, 1.807) is 6.92 Å². The molecular formula is C11H10F3N3O3S. The van der Waals surface area contributed by atoms with E-state index in [0.29, 0.717) is 23.7 Å². The topological polar surface area (TPSA) is 85.1 Å². The van der Waals surface area contributed by atoms with Crippen LogP contribution in [0.25, 0.3) is 0 Å². The molecule has 0 aromatic carbocycles. The molecule has 0 radical (unpaired) electrons. The molecule has 0 amide bonds. The van der Waals surface area contributed by atoms with E-state index < -0.39 is 21.9 Å². The number of hydrogen-bond donors (Lipinski definition) is 1. The monoisotopic (exact) mass is 321 g/mol. The van der Waals surface area contributed by atoms with Gasteiger partial charge >= 0.3 is 6.18 Å². The number of oxazole rings is 1. The first-order valence-electron chi connectivity index (χ1n) is 5.62. The summed E-state index contributed by atoms with van der Waals surface area (Å²) >= 11 is 0. The van der Waals surface area contributed by atoms with Crippen LogP contribution in [-0.4, -0.2) is 18.4 Å². The minimum absolute atomic E-state index is 0.133. The number of hydrogen-bond acceptors (Lipinski definition) is 5. The summed E-state index contributed by atoms with van der Waals surface area (Å²) in [5.41, 5.74) is -0.771. The molecule has 2 aromatic heterocycles. The Hall–Kier alpha value is -1.94. The van der Waals surface area contributed by atoms with Crippen molar-refractivity contribution >= 4 is 10.0 Å². The molecule has 0 aliphatic carbocycles. The van der Waals surface area contributed by atoms with E-state index in [1.807, 2.05) is 0 Å². The number of sulfonamides is 1. The second-order valence-electron chi connectivity index (χ2n) is 4.06. The summed E-state index contributed by atoms with van der Waals surface area (Å²) in [6.45, 7) is 1.47. The molecule has 2 rings (SSSR count). The second-order valence-corrected chi connectivity index (χ2v) is 5.82. The van der Waals surface area contributed by atoms with E-state index in [-0.39, 0.29) is 11.4 Å². The van der Waals surface area contributed by atoms with Crippen LogP contribution in [0.4, 0.5) is 13.2 Å². The molecule has 0 bridgehead atoms. The third kappa shape index (κ3) is 3.58. The van der Waals surface area contributed by atoms with Crippen LogP contribution in [0.3, 0.4) is 0 Å². The highest BCUT2D eigenvalue weighted by Crippen LogP contribution is 2.27. The maximum Gasteiger partial charge on any atom is 0.433 e. The minimum atomic E-state index is -4.62. The zero-order valence-electron chi connectivity index (χ0n) is 10.7. The molecule has 0 aliphatic rings. The Balaban J connectivity index is 2.14. The highest BCUT2D eigenvalue weighted by Gasteiger charge is 2.32. The van der Waals surface area contributed by atoms with Crippen LogP contribution < -0.4 is 4.72 Å². The van der Waals surface area contributed by atoms with Crippen LogP contribution in [0.2, 0.25) is 0 Å². The van der Waals surface area contributed by atoms with Gasteiger partial charge in [-0.1, -0.05) is 0 Å². The van der Waals surface area contributed by atoms with Gasteiger partial charge in [-0.3, -0.25) is 4.98 Å². The third-order valence-electron chi connectivity index (χ3n) is 2.61. The number of nitrogens with one attached hydrogen (secondary N) is 1. The summed E-state index contributed by atoms with van der Waals surface area (Å²) in [6.07, 6.45) is -2.80. The first kappa shape index (κ1) is 15.4. The van der Waals surface area contributed by atoms with E-state index in [4.69, 9.17) is 4.42 Å². The maximum absolute atomic E-state index is 12.3. The van der Waals surface area contributed by atoms with Crippen molar-refractivity contribution in [2.75, 3.05) is 0 Å². The normalized spacial score (nSPS) is 12.6. The standard InChI is InChI=1S/C11H10F3N3O3S/c1-7-9(16-6-20-7)5-17-21(18,19)8-2-3-10(15-4-8)11(12,13)14/h2-4,6,17H,5H2,1H3. The zero-order valence-corrected chi connectivity index (χ0v) is 11.5. The lowest BCUT2D eigenvalue weighted by Gasteiger charge is -2.08. The van der Waals surface area contributed by atoms with Gasteiger partial charge in [0.15, 0.2) is 6.39 Å². The van der Waals surface area contributed by atoms with Crippen molar-refractivity contribution in [1.82, 2.24) is 14.7 Å². The number of rotatable bonds is 4. The van der Waals surface area contributed by atoms with Crippen LogP contribution >= 0.6 is 0 Å². The molecule has 0 saturated heterocycles. The van der Waals surface area contributed by atoms with E-state index in [2.05, 4.69) is 14.7 Å². The predicted molar refractivity (Wildman–Crippen MR) is 64.5 cm³/mol. The number of pyridine rings is 1. The van der Waals surface area contributed by atoms with Gasteiger partial charge < -0.3 is 4.42 Å². The number of alkyl halides is 3. The highest BCUT2D eigenvalue weighted by atomic mass is 32.2. The van der Waals surface area contributed by atoms with Gasteiger partial charge in [-0.15, -0.1) is 0 Å². The Morgan fingerprint density at radius 2 is 2.00 bits per heavy atom. The Morgan fingerprint density at radius 1 is 1.29 bits per heavy atom. The smallest absolute Gasteiger partial charge is 0.433 e. The summed E-state index contributed by atoms with van der Waals surface area (Å²) in [4.78, 5) is 6.54. The first-order chi connectivity index (χ1) is 9.70. The summed E-state index contributed by atoms with van der Waals surface area (Å²) < 4.78 is 68.0. The molecule has 0 atom stereocenters. The Bertz CT molecular complexity index is 723. The number of aryl methyl sites for hydroxylation is 1. The minimum Gasteiger partial charge on any atom is -0.448 e. The van der Waals surface area contributed by atoms with Gasteiger partial charge in [0, 0.05) is 6.20 Å². The summed E-state index contributed by atoms with van der Waals surface area (Å²) in [7, 11) is -3.98. The van der Waals surface area contributed by atoms with Crippen molar-refractivity contribution in [3.63, 3.8) is 0 Å². The predicted octanol–water partition coefficient (Wildman–Crippen LogP) is 1.88. The van der Waals surface area contributed by atoms with Crippen molar-refractivity contribution in [2.24, 2.45) is 0 Å². The van der Waals surface area contributed by atoms with Gasteiger partial charge in [-0.05, 0) is 19.1 Å². The van der Waals surface area contributed by atoms with Gasteiger partial charge in [0.25, 0.3) is 0 Å². The summed E-state index contributed by atoms with van der Waals surface area (Å²) in [5, 5.41) is 0. The molecule has 1 N–H and O–H groups in total. The Kier molecular flexibility index (Phi) is 4.01. The number of aromatic nitrogens is 2. The summed E-state index contributed by atoms with van der Waals surface area (Å²) in [6, 6.07) is 1.45. The van der Waals surface area contributed by atoms with Crippen molar-refractivity contribution < 1.29 is 26.0 Å². The molecule has 10 heteroatoms. The van der Waals surface area contributed by atoms with Crippen molar-refractivity contribution in [3.8, 4) is 0 Å². The van der Waals surface area contributed by atoms with Crippen LogP contribution in [-0.2, 0) is 22.7 Å². The van der Waals surface area contributed by atoms with Crippen molar-refractivity contribution in [2.45, 2.75) is 24.5 Å². The van der Waals surface area contributed by atoms with Gasteiger partial charge in [0.1, 0.15) is 16.3 Å². The maximum atomic E-state index is 12.3. The average Bonchev–Trinajstić information content (AvgIpc) is 2.81. The molecular weight excluding hydrogens is 311 g/mol. The van der Waals surface area contributed by atoms with Crippen LogP contribution in [0, 0.1) is 6.92 Å². The molecule has 0 spiro atoms. The molecule has 0 fully saturated rings. The van der Waals surface area contributed by atoms with Crippen LogP contribution in [0.15, 0.2) is 34.0 Å². The van der Waals surface area contributed by atoms with Crippen molar-refractivity contribution in [1.29, 1.82) is 0 Å². The van der Waals surface area contributed by atoms with Gasteiger partial charge in [-0.2, -0.15) is 13.2 Å². The van der Waals surface area contributed by atoms with Gasteiger partial charge in [0.05, 0.1) is 12.2 Å². The molecule has 6 nitrogen and oxygen atoms in total. The molecule has 2 aromatic rings. The molecule has 114 valence electrons. The highest BCUT2D eigenvalue weighted by molar-refractivity contribution is 7.89. The largest absolute Gasteiger partial charge is 0.448 e. The second kappa shape index (κ2) is 5.45. The quantitative estimate of drug-likeness (QED) is 0.929. The summed E-state index contributed by atoms with van der Waals surface area (Å²) in [5.74, 6) is 0.447. The molecule has 21 heavy (non-hydrogen) atoms. The number of halogens is 3. The third-order valence-corrected chi connectivity index (χ3v) is 4.00. The lowest BCUT2D eigenvalue weighted by molar-refractivity contribution is -0.141. The Morgan fingerprint density at radius 3 is 2.48 bits per heavy atom. The fourth-order valence-electron chi connectivity index (χ4n) is 1.45. The fraction of sp³-hybridized carbons (Fsp3) is 0.273. The van der Waals surface area contributed by atoms with Crippen molar-refractivity contribution in [3.05, 3.63) is 41.9 Å². The molecule has 0 aliphatic heterocycles. The fourth-order valence-corrected chi connectivity index (χ4v) is 2.38. The van der Waals surface area contributed by atoms with Crippen LogP contribution in [0.1, 0.15) is 17.1 Å². The molecule has 0 saturated carbocycles. The van der Waals surface area contributed by atoms with Gasteiger partial charge in [-0.25, -0.2) is 18.1 Å². The zero-order chi connectivity index (χ0) is 15.7. The van der Waals surface area contributed by atoms with Crippen LogP contribution in [0.5, 0.6) is 0 Å². The van der Waals surface area contributed by atoms with E-state index in [9.17, 15) is 21.6 Å². The molecule has 0 unspecified atom stereocenters. The lowest BCUT2D eigenvalue weighted by Crippen LogP contribution is -2.24. The lowest BCUT2D eigenvalue weighted by atomic mass is 10.3. The molecule has 2 heterocycles. The average molecular weight is 321 g/mol.